The van der Waals surface area contributed by atoms with Crippen LogP contribution < -0.4 is 5.32 Å². The summed E-state index contributed by atoms with van der Waals surface area (Å²) in [7, 11) is 0. The highest BCUT2D eigenvalue weighted by molar-refractivity contribution is 5.76. The van der Waals surface area contributed by atoms with Crippen molar-refractivity contribution in [2.75, 3.05) is 6.54 Å². The summed E-state index contributed by atoms with van der Waals surface area (Å²) >= 11 is 0. The van der Waals surface area contributed by atoms with Crippen LogP contribution in [0.15, 0.2) is 24.3 Å². The number of aliphatic carboxylic acids is 1. The number of urea groups is 1. The van der Waals surface area contributed by atoms with Gasteiger partial charge in [-0.3, -0.25) is 4.79 Å². The van der Waals surface area contributed by atoms with Crippen molar-refractivity contribution in [3.05, 3.63) is 35.4 Å². The van der Waals surface area contributed by atoms with Crippen molar-refractivity contribution in [1.29, 1.82) is 0 Å². The van der Waals surface area contributed by atoms with Crippen LogP contribution in [-0.4, -0.2) is 34.6 Å². The maximum atomic E-state index is 12.3. The Labute approximate surface area is 125 Å². The molecule has 2 rings (SSSR count). The van der Waals surface area contributed by atoms with Crippen LogP contribution in [0.5, 0.6) is 0 Å². The largest absolute Gasteiger partial charge is 0.481 e. The van der Waals surface area contributed by atoms with E-state index in [2.05, 4.69) is 11.4 Å². The van der Waals surface area contributed by atoms with E-state index in [0.717, 1.165) is 12.8 Å². The predicted octanol–water partition coefficient (Wildman–Crippen LogP) is 2.40. The number of hydrogen-bond donors (Lipinski definition) is 2. The van der Waals surface area contributed by atoms with Gasteiger partial charge in [0, 0.05) is 19.1 Å². The lowest BCUT2D eigenvalue weighted by atomic mass is 10.0. The molecule has 1 aromatic carbocycles. The zero-order valence-electron chi connectivity index (χ0n) is 12.3. The summed E-state index contributed by atoms with van der Waals surface area (Å²) in [5.41, 5.74) is 2.46. The lowest BCUT2D eigenvalue weighted by Crippen LogP contribution is -2.47. The number of fused-ring (bicyclic) bond motifs is 1. The van der Waals surface area contributed by atoms with E-state index in [1.807, 2.05) is 25.1 Å². The number of amides is 2. The number of carboxylic acid groups (broad SMARTS) is 1. The van der Waals surface area contributed by atoms with Gasteiger partial charge in [0.05, 0.1) is 6.42 Å². The number of rotatable bonds is 5. The summed E-state index contributed by atoms with van der Waals surface area (Å²) in [4.78, 5) is 24.9. The van der Waals surface area contributed by atoms with Crippen molar-refractivity contribution in [1.82, 2.24) is 10.2 Å². The van der Waals surface area contributed by atoms with E-state index in [1.54, 1.807) is 4.90 Å². The number of nitrogens with one attached hydrogen (secondary N) is 1. The van der Waals surface area contributed by atoms with Gasteiger partial charge in [-0.25, -0.2) is 4.79 Å². The van der Waals surface area contributed by atoms with Gasteiger partial charge in [0.15, 0.2) is 0 Å². The molecule has 0 bridgehead atoms. The molecule has 1 heterocycles. The predicted molar refractivity (Wildman–Crippen MR) is 80.0 cm³/mol. The van der Waals surface area contributed by atoms with Crippen molar-refractivity contribution in [3.8, 4) is 0 Å². The first-order chi connectivity index (χ1) is 10.1. The van der Waals surface area contributed by atoms with E-state index in [4.69, 9.17) is 5.11 Å². The van der Waals surface area contributed by atoms with Crippen molar-refractivity contribution < 1.29 is 14.7 Å². The molecule has 0 aliphatic carbocycles. The highest BCUT2D eigenvalue weighted by Crippen LogP contribution is 2.18. The van der Waals surface area contributed by atoms with Crippen molar-refractivity contribution in [3.63, 3.8) is 0 Å². The summed E-state index contributed by atoms with van der Waals surface area (Å²) in [5, 5.41) is 11.8. The normalized spacial score (nSPS) is 15.2. The van der Waals surface area contributed by atoms with Gasteiger partial charge in [0.2, 0.25) is 0 Å². The third-order valence-corrected chi connectivity index (χ3v) is 3.80. The fourth-order valence-electron chi connectivity index (χ4n) is 2.72. The Bertz CT molecular complexity index is 516. The van der Waals surface area contributed by atoms with Crippen LogP contribution in [0, 0.1) is 0 Å². The fraction of sp³-hybridized carbons (Fsp3) is 0.500. The van der Waals surface area contributed by atoms with Gasteiger partial charge in [-0.2, -0.15) is 0 Å². The molecular formula is C16H22N2O3. The second-order valence-corrected chi connectivity index (χ2v) is 5.47. The molecule has 0 saturated carbocycles. The van der Waals surface area contributed by atoms with Crippen molar-refractivity contribution in [2.24, 2.45) is 0 Å². The highest BCUT2D eigenvalue weighted by atomic mass is 16.4. The van der Waals surface area contributed by atoms with Gasteiger partial charge >= 0.3 is 12.0 Å². The summed E-state index contributed by atoms with van der Waals surface area (Å²) in [6.07, 6.45) is 2.36. The van der Waals surface area contributed by atoms with E-state index in [1.165, 1.54) is 11.1 Å². The average Bonchev–Trinajstić information content (AvgIpc) is 2.46. The number of carbonyl (C=O) groups is 2. The van der Waals surface area contributed by atoms with Gasteiger partial charge in [-0.05, 0) is 24.0 Å². The molecule has 21 heavy (non-hydrogen) atoms. The van der Waals surface area contributed by atoms with Crippen molar-refractivity contribution >= 4 is 12.0 Å². The van der Waals surface area contributed by atoms with Crippen LogP contribution in [-0.2, 0) is 17.8 Å². The zero-order chi connectivity index (χ0) is 15.2. The molecule has 5 nitrogen and oxygen atoms in total. The van der Waals surface area contributed by atoms with Gasteiger partial charge in [-0.1, -0.05) is 37.6 Å². The molecule has 1 aliphatic heterocycles. The third kappa shape index (κ3) is 4.21. The summed E-state index contributed by atoms with van der Waals surface area (Å²) < 4.78 is 0. The molecule has 0 saturated heterocycles. The molecule has 0 radical (unpaired) electrons. The Balaban J connectivity index is 1.95. The Morgan fingerprint density at radius 2 is 2.05 bits per heavy atom. The number of carbonyl (C=O) groups excluding carboxylic acids is 1. The summed E-state index contributed by atoms with van der Waals surface area (Å²) in [5.74, 6) is -0.877. The topological polar surface area (TPSA) is 69.6 Å². The van der Waals surface area contributed by atoms with E-state index >= 15 is 0 Å². The van der Waals surface area contributed by atoms with E-state index in [-0.39, 0.29) is 18.5 Å². The van der Waals surface area contributed by atoms with Gasteiger partial charge in [0.1, 0.15) is 0 Å². The maximum absolute atomic E-state index is 12.3. The minimum atomic E-state index is -0.877. The van der Waals surface area contributed by atoms with Gasteiger partial charge in [-0.15, -0.1) is 0 Å². The molecule has 2 amide bonds. The summed E-state index contributed by atoms with van der Waals surface area (Å²) in [6, 6.07) is 7.66. The Hall–Kier alpha value is -2.04. The first-order valence-corrected chi connectivity index (χ1v) is 7.44. The number of benzene rings is 1. The first-order valence-electron chi connectivity index (χ1n) is 7.44. The molecule has 1 atom stereocenters. The Morgan fingerprint density at radius 3 is 2.71 bits per heavy atom. The third-order valence-electron chi connectivity index (χ3n) is 3.80. The van der Waals surface area contributed by atoms with Crippen LogP contribution in [0.2, 0.25) is 0 Å². The standard InChI is InChI=1S/C16H22N2O3/c1-2-5-14(10-15(19)20)17-16(21)18-9-8-12-6-3-4-7-13(12)11-18/h3-4,6-7,14H,2,5,8-11H2,1H3,(H,17,21)(H,19,20). The molecule has 1 aromatic rings. The minimum absolute atomic E-state index is 0.0238. The maximum Gasteiger partial charge on any atom is 0.317 e. The van der Waals surface area contributed by atoms with E-state index in [0.29, 0.717) is 19.5 Å². The zero-order valence-corrected chi connectivity index (χ0v) is 12.3. The molecule has 2 N–H and O–H groups in total. The fourth-order valence-corrected chi connectivity index (χ4v) is 2.72. The lowest BCUT2D eigenvalue weighted by Gasteiger charge is -2.30. The molecule has 0 spiro atoms. The van der Waals surface area contributed by atoms with E-state index < -0.39 is 5.97 Å². The monoisotopic (exact) mass is 290 g/mol. The lowest BCUT2D eigenvalue weighted by molar-refractivity contribution is -0.137. The molecule has 114 valence electrons. The highest BCUT2D eigenvalue weighted by Gasteiger charge is 2.23. The molecule has 1 aliphatic rings. The minimum Gasteiger partial charge on any atom is -0.481 e. The second-order valence-electron chi connectivity index (χ2n) is 5.47. The van der Waals surface area contributed by atoms with Crippen LogP contribution in [0.25, 0.3) is 0 Å². The number of carboxylic acids is 1. The molecular weight excluding hydrogens is 268 g/mol. The van der Waals surface area contributed by atoms with Gasteiger partial charge in [0.25, 0.3) is 0 Å². The van der Waals surface area contributed by atoms with Gasteiger partial charge < -0.3 is 15.3 Å². The number of hydrogen-bond acceptors (Lipinski definition) is 2. The Morgan fingerprint density at radius 1 is 1.33 bits per heavy atom. The molecule has 1 unspecified atom stereocenters. The number of nitrogens with zero attached hydrogens (tertiary/aromatic N) is 1. The van der Waals surface area contributed by atoms with E-state index in [9.17, 15) is 9.59 Å². The first kappa shape index (κ1) is 15.4. The van der Waals surface area contributed by atoms with Crippen LogP contribution in [0.4, 0.5) is 4.79 Å². The second kappa shape index (κ2) is 7.11. The smallest absolute Gasteiger partial charge is 0.317 e. The molecule has 0 fully saturated rings. The molecule has 5 heteroatoms. The Kier molecular flexibility index (Phi) is 5.20. The quantitative estimate of drug-likeness (QED) is 0.875. The van der Waals surface area contributed by atoms with Crippen molar-refractivity contribution in [2.45, 2.75) is 45.2 Å². The SMILES string of the molecule is CCCC(CC(=O)O)NC(=O)N1CCc2ccccc2C1. The van der Waals surface area contributed by atoms with Crippen LogP contribution >= 0.6 is 0 Å². The van der Waals surface area contributed by atoms with Crippen LogP contribution in [0.3, 0.4) is 0 Å². The molecule has 0 aromatic heterocycles. The summed E-state index contributed by atoms with van der Waals surface area (Å²) in [6.45, 7) is 3.25. The average molecular weight is 290 g/mol. The van der Waals surface area contributed by atoms with Crippen LogP contribution in [0.1, 0.15) is 37.3 Å².